The molecule has 1 amide bonds. The van der Waals surface area contributed by atoms with Crippen LogP contribution in [0.25, 0.3) is 0 Å². The van der Waals surface area contributed by atoms with E-state index in [0.717, 1.165) is 11.9 Å². The number of hydrogen-bond acceptors (Lipinski definition) is 6. The lowest BCUT2D eigenvalue weighted by Crippen LogP contribution is -2.33. The number of nitrogens with zero attached hydrogens (tertiary/aromatic N) is 4. The number of carbonyl (C=O) groups is 1. The van der Waals surface area contributed by atoms with E-state index in [4.69, 9.17) is 16.7 Å². The first kappa shape index (κ1) is 22.7. The second-order valence-corrected chi connectivity index (χ2v) is 8.40. The fourth-order valence-electron chi connectivity index (χ4n) is 3.53. The first-order chi connectivity index (χ1) is 14.1. The molecule has 0 bridgehead atoms. The van der Waals surface area contributed by atoms with Crippen molar-refractivity contribution in [3.8, 4) is 0 Å². The SMILES string of the molecule is Cc1nc(N2CCCC(F)(F)CC2)c(C(=O)N(C)c2ccnc(SN)c2)c(C)c1Cl. The number of hydrogen-bond donors (Lipinski definition) is 1. The van der Waals surface area contributed by atoms with E-state index in [2.05, 4.69) is 9.97 Å². The average molecular weight is 456 g/mol. The molecule has 1 aliphatic rings. The van der Waals surface area contributed by atoms with Crippen molar-refractivity contribution in [1.82, 2.24) is 9.97 Å². The molecular formula is C20H24ClF2N5OS. The van der Waals surface area contributed by atoms with E-state index < -0.39 is 5.92 Å². The molecule has 3 heterocycles. The Morgan fingerprint density at radius 1 is 1.33 bits per heavy atom. The molecule has 0 unspecified atom stereocenters. The predicted molar refractivity (Wildman–Crippen MR) is 117 cm³/mol. The second-order valence-electron chi connectivity index (χ2n) is 7.37. The molecule has 6 nitrogen and oxygen atoms in total. The molecule has 3 rings (SSSR count). The van der Waals surface area contributed by atoms with Crippen molar-refractivity contribution in [3.05, 3.63) is 40.2 Å². The van der Waals surface area contributed by atoms with Crippen molar-refractivity contribution in [2.24, 2.45) is 5.14 Å². The zero-order valence-electron chi connectivity index (χ0n) is 17.1. The maximum Gasteiger partial charge on any atom is 0.262 e. The molecule has 162 valence electrons. The highest BCUT2D eigenvalue weighted by Crippen LogP contribution is 2.35. The number of carbonyl (C=O) groups excluding carboxylic acids is 1. The third-order valence-corrected chi connectivity index (χ3v) is 6.30. The van der Waals surface area contributed by atoms with Gasteiger partial charge in [0.15, 0.2) is 0 Å². The van der Waals surface area contributed by atoms with Gasteiger partial charge in [0.2, 0.25) is 5.92 Å². The minimum absolute atomic E-state index is 0.119. The summed E-state index contributed by atoms with van der Waals surface area (Å²) in [6.45, 7) is 4.02. The summed E-state index contributed by atoms with van der Waals surface area (Å²) >= 11 is 7.39. The number of amides is 1. The van der Waals surface area contributed by atoms with Crippen LogP contribution in [0.4, 0.5) is 20.3 Å². The number of rotatable bonds is 4. The summed E-state index contributed by atoms with van der Waals surface area (Å²) in [7, 11) is 1.64. The molecule has 0 aliphatic carbocycles. The fraction of sp³-hybridized carbons (Fsp3) is 0.450. The van der Waals surface area contributed by atoms with Crippen molar-refractivity contribution in [3.63, 3.8) is 0 Å². The van der Waals surface area contributed by atoms with E-state index in [0.29, 0.717) is 51.3 Å². The monoisotopic (exact) mass is 455 g/mol. The quantitative estimate of drug-likeness (QED) is 0.678. The van der Waals surface area contributed by atoms with Gasteiger partial charge in [0.1, 0.15) is 10.8 Å². The summed E-state index contributed by atoms with van der Waals surface area (Å²) < 4.78 is 27.8. The van der Waals surface area contributed by atoms with Gasteiger partial charge in [-0.3, -0.25) is 9.93 Å². The summed E-state index contributed by atoms with van der Waals surface area (Å²) in [5.74, 6) is -2.64. The number of nitrogens with two attached hydrogens (primary N) is 1. The van der Waals surface area contributed by atoms with Gasteiger partial charge < -0.3 is 9.80 Å². The molecule has 0 atom stereocenters. The predicted octanol–water partition coefficient (Wildman–Crippen LogP) is 4.61. The van der Waals surface area contributed by atoms with Gasteiger partial charge >= 0.3 is 0 Å². The van der Waals surface area contributed by atoms with Crippen LogP contribution in [0.15, 0.2) is 23.4 Å². The molecule has 1 fully saturated rings. The Balaban J connectivity index is 2.04. The molecule has 2 aromatic heterocycles. The molecule has 2 aromatic rings. The van der Waals surface area contributed by atoms with Crippen LogP contribution in [0.2, 0.25) is 5.02 Å². The van der Waals surface area contributed by atoms with E-state index in [1.165, 1.54) is 4.90 Å². The second kappa shape index (κ2) is 9.03. The van der Waals surface area contributed by atoms with Crippen molar-refractivity contribution < 1.29 is 13.6 Å². The lowest BCUT2D eigenvalue weighted by molar-refractivity contribution is -0.0102. The topological polar surface area (TPSA) is 75.4 Å². The molecule has 1 aliphatic heterocycles. The Labute approximate surface area is 183 Å². The van der Waals surface area contributed by atoms with Crippen LogP contribution in [0.1, 0.15) is 40.9 Å². The van der Waals surface area contributed by atoms with Gasteiger partial charge in [-0.2, -0.15) is 0 Å². The van der Waals surface area contributed by atoms with Gasteiger partial charge in [0.05, 0.1) is 16.3 Å². The Hall–Kier alpha value is -1.97. The maximum atomic E-state index is 13.9. The minimum Gasteiger partial charge on any atom is -0.356 e. The van der Waals surface area contributed by atoms with E-state index in [9.17, 15) is 13.6 Å². The normalized spacial score (nSPS) is 16.3. The van der Waals surface area contributed by atoms with Crippen molar-refractivity contribution in [2.45, 2.75) is 44.1 Å². The van der Waals surface area contributed by atoms with Crippen molar-refractivity contribution in [1.29, 1.82) is 0 Å². The first-order valence-electron chi connectivity index (χ1n) is 9.55. The van der Waals surface area contributed by atoms with E-state index in [-0.39, 0.29) is 25.3 Å². The molecule has 0 saturated carbocycles. The van der Waals surface area contributed by atoms with E-state index in [1.54, 1.807) is 44.1 Å². The molecular weight excluding hydrogens is 432 g/mol. The van der Waals surface area contributed by atoms with Crippen LogP contribution in [-0.2, 0) is 0 Å². The number of aryl methyl sites for hydroxylation is 1. The first-order valence-corrected chi connectivity index (χ1v) is 10.8. The highest BCUT2D eigenvalue weighted by atomic mass is 35.5. The standard InChI is InChI=1S/C20H24ClF2N5OS/c1-12-16(19(29)27(3)14-5-8-25-15(11-14)30-24)18(26-13(2)17(12)21)28-9-4-6-20(22,23)7-10-28/h5,8,11H,4,6-7,9-10,24H2,1-3H3. The van der Waals surface area contributed by atoms with Crippen LogP contribution in [-0.4, -0.2) is 41.9 Å². The summed E-state index contributed by atoms with van der Waals surface area (Å²) in [5.41, 5.74) is 2.06. The molecule has 2 N–H and O–H groups in total. The zero-order chi connectivity index (χ0) is 22.1. The lowest BCUT2D eigenvalue weighted by atomic mass is 10.1. The zero-order valence-corrected chi connectivity index (χ0v) is 18.7. The van der Waals surface area contributed by atoms with Gasteiger partial charge in [-0.15, -0.1) is 0 Å². The highest BCUT2D eigenvalue weighted by Gasteiger charge is 2.34. The Morgan fingerprint density at radius 2 is 2.07 bits per heavy atom. The fourth-order valence-corrected chi connectivity index (χ4v) is 3.98. The van der Waals surface area contributed by atoms with E-state index >= 15 is 0 Å². The molecule has 30 heavy (non-hydrogen) atoms. The van der Waals surface area contributed by atoms with Crippen LogP contribution in [0.5, 0.6) is 0 Å². The van der Waals surface area contributed by atoms with Gasteiger partial charge in [0, 0.05) is 44.9 Å². The molecule has 10 heteroatoms. The Morgan fingerprint density at radius 3 is 2.77 bits per heavy atom. The van der Waals surface area contributed by atoms with Gasteiger partial charge in [-0.1, -0.05) is 11.6 Å². The van der Waals surface area contributed by atoms with Gasteiger partial charge in [-0.05, 0) is 49.9 Å². The van der Waals surface area contributed by atoms with Crippen molar-refractivity contribution >= 4 is 41.0 Å². The minimum atomic E-state index is -2.71. The number of anilines is 2. The number of alkyl halides is 2. The molecule has 0 aromatic carbocycles. The van der Waals surface area contributed by atoms with Crippen LogP contribution < -0.4 is 14.9 Å². The third kappa shape index (κ3) is 4.68. The highest BCUT2D eigenvalue weighted by molar-refractivity contribution is 7.97. The average Bonchev–Trinajstić information content (AvgIpc) is 2.91. The summed E-state index contributed by atoms with van der Waals surface area (Å²) in [4.78, 5) is 25.4. The summed E-state index contributed by atoms with van der Waals surface area (Å²) in [6, 6.07) is 3.40. The van der Waals surface area contributed by atoms with Gasteiger partial charge in [-0.25, -0.2) is 18.7 Å². The summed E-state index contributed by atoms with van der Waals surface area (Å²) in [6.07, 6.45) is 1.44. The lowest BCUT2D eigenvalue weighted by Gasteiger charge is -2.28. The van der Waals surface area contributed by atoms with E-state index in [1.807, 2.05) is 0 Å². The Bertz CT molecular complexity index is 959. The third-order valence-electron chi connectivity index (χ3n) is 5.28. The van der Waals surface area contributed by atoms with Crippen LogP contribution >= 0.6 is 23.5 Å². The number of aromatic nitrogens is 2. The van der Waals surface area contributed by atoms with Crippen molar-refractivity contribution in [2.75, 3.05) is 29.9 Å². The van der Waals surface area contributed by atoms with Crippen LogP contribution in [0, 0.1) is 13.8 Å². The molecule has 0 radical (unpaired) electrons. The smallest absolute Gasteiger partial charge is 0.262 e. The largest absolute Gasteiger partial charge is 0.356 e. The van der Waals surface area contributed by atoms with Gasteiger partial charge in [0.25, 0.3) is 5.91 Å². The van der Waals surface area contributed by atoms with Crippen LogP contribution in [0.3, 0.4) is 0 Å². The number of pyridine rings is 2. The summed E-state index contributed by atoms with van der Waals surface area (Å²) in [5, 5.41) is 6.54. The molecule has 0 spiro atoms. The molecule has 1 saturated heterocycles. The maximum absolute atomic E-state index is 13.9. The Kier molecular flexibility index (Phi) is 6.84. The number of halogens is 3.